The third kappa shape index (κ3) is 3.67. The van der Waals surface area contributed by atoms with E-state index in [2.05, 4.69) is 36.4 Å². The van der Waals surface area contributed by atoms with Gasteiger partial charge in [0.15, 0.2) is 5.82 Å². The summed E-state index contributed by atoms with van der Waals surface area (Å²) in [7, 11) is 0. The zero-order valence-corrected chi connectivity index (χ0v) is 15.6. The van der Waals surface area contributed by atoms with Crippen molar-refractivity contribution < 1.29 is 4.79 Å². The van der Waals surface area contributed by atoms with Crippen LogP contribution in [0, 0.1) is 6.92 Å². The van der Waals surface area contributed by atoms with Crippen molar-refractivity contribution in [3.63, 3.8) is 0 Å². The molecule has 2 aromatic heterocycles. The summed E-state index contributed by atoms with van der Waals surface area (Å²) in [6, 6.07) is 10.9. The molecule has 3 rings (SSSR count). The zero-order valence-electron chi connectivity index (χ0n) is 14.0. The minimum absolute atomic E-state index is 0.139. The fourth-order valence-electron chi connectivity index (χ4n) is 2.59. The Balaban J connectivity index is 2.13. The van der Waals surface area contributed by atoms with Gasteiger partial charge in [0.05, 0.1) is 12.2 Å². The van der Waals surface area contributed by atoms with Crippen molar-refractivity contribution >= 4 is 21.7 Å². The summed E-state index contributed by atoms with van der Waals surface area (Å²) in [5.41, 5.74) is 1.70. The van der Waals surface area contributed by atoms with Crippen LogP contribution in [-0.4, -0.2) is 32.1 Å². The van der Waals surface area contributed by atoms with Gasteiger partial charge in [0.1, 0.15) is 11.5 Å². The molecule has 0 spiro atoms. The van der Waals surface area contributed by atoms with Crippen LogP contribution in [0.5, 0.6) is 0 Å². The number of nitrogens with one attached hydrogen (secondary N) is 1. The fourth-order valence-corrected chi connectivity index (χ4v) is 2.95. The number of hydrogen-bond acceptors (Lipinski definition) is 5. The molecule has 0 atom stereocenters. The van der Waals surface area contributed by atoms with E-state index < -0.39 is 0 Å². The highest BCUT2D eigenvalue weighted by Crippen LogP contribution is 2.24. The van der Waals surface area contributed by atoms with E-state index in [1.807, 2.05) is 36.6 Å². The van der Waals surface area contributed by atoms with Crippen molar-refractivity contribution in [2.75, 3.05) is 6.54 Å². The molecular formula is C18H18BrN5O. The summed E-state index contributed by atoms with van der Waals surface area (Å²) in [6.07, 6.45) is 1.62. The van der Waals surface area contributed by atoms with Crippen LogP contribution in [0.1, 0.15) is 34.6 Å². The van der Waals surface area contributed by atoms with E-state index in [0.29, 0.717) is 17.8 Å². The van der Waals surface area contributed by atoms with Gasteiger partial charge in [0.25, 0.3) is 0 Å². The summed E-state index contributed by atoms with van der Waals surface area (Å²) in [4.78, 5) is 17.2. The fraction of sp³-hybridized carbons (Fsp3) is 0.222. The average Bonchev–Trinajstić information content (AvgIpc) is 3.00. The predicted molar refractivity (Wildman–Crippen MR) is 98.8 cm³/mol. The SMILES string of the molecule is CCNCc1nnc(C)n1-c1ccc(Br)cc1C(=O)c1ccccn1. The van der Waals surface area contributed by atoms with E-state index in [1.54, 1.807) is 24.4 Å². The van der Waals surface area contributed by atoms with E-state index in [4.69, 9.17) is 0 Å². The number of benzene rings is 1. The number of aryl methyl sites for hydroxylation is 1. The van der Waals surface area contributed by atoms with Gasteiger partial charge >= 0.3 is 0 Å². The third-order valence-corrected chi connectivity index (χ3v) is 4.26. The predicted octanol–water partition coefficient (Wildman–Crippen LogP) is 3.07. The van der Waals surface area contributed by atoms with Gasteiger partial charge in [0, 0.05) is 16.2 Å². The third-order valence-electron chi connectivity index (χ3n) is 3.77. The molecule has 128 valence electrons. The number of ketones is 1. The first-order valence-corrected chi connectivity index (χ1v) is 8.78. The van der Waals surface area contributed by atoms with Crippen LogP contribution in [0.25, 0.3) is 5.69 Å². The second-order valence-electron chi connectivity index (χ2n) is 5.48. The number of nitrogens with zero attached hydrogens (tertiary/aromatic N) is 4. The van der Waals surface area contributed by atoms with E-state index >= 15 is 0 Å². The molecule has 25 heavy (non-hydrogen) atoms. The first-order chi connectivity index (χ1) is 12.1. The highest BCUT2D eigenvalue weighted by Gasteiger charge is 2.20. The quantitative estimate of drug-likeness (QED) is 0.644. The van der Waals surface area contributed by atoms with Crippen molar-refractivity contribution in [1.82, 2.24) is 25.1 Å². The maximum absolute atomic E-state index is 13.0. The van der Waals surface area contributed by atoms with Crippen LogP contribution < -0.4 is 5.32 Å². The maximum atomic E-state index is 13.0. The highest BCUT2D eigenvalue weighted by molar-refractivity contribution is 9.10. The summed E-state index contributed by atoms with van der Waals surface area (Å²) in [6.45, 7) is 5.30. The average molecular weight is 400 g/mol. The van der Waals surface area contributed by atoms with Crippen molar-refractivity contribution in [3.8, 4) is 5.69 Å². The lowest BCUT2D eigenvalue weighted by molar-refractivity contribution is 0.103. The van der Waals surface area contributed by atoms with Crippen LogP contribution in [0.15, 0.2) is 47.1 Å². The van der Waals surface area contributed by atoms with Crippen molar-refractivity contribution in [3.05, 3.63) is 70.0 Å². The van der Waals surface area contributed by atoms with Gasteiger partial charge in [-0.15, -0.1) is 10.2 Å². The van der Waals surface area contributed by atoms with Crippen molar-refractivity contribution in [1.29, 1.82) is 0 Å². The van der Waals surface area contributed by atoms with Gasteiger partial charge in [0.2, 0.25) is 5.78 Å². The standard InChI is InChI=1S/C18H18BrN5O/c1-3-20-11-17-23-22-12(2)24(17)16-8-7-13(19)10-14(16)18(25)15-6-4-5-9-21-15/h4-10,20H,3,11H2,1-2H3. The lowest BCUT2D eigenvalue weighted by Crippen LogP contribution is -2.18. The van der Waals surface area contributed by atoms with Gasteiger partial charge in [-0.3, -0.25) is 14.3 Å². The van der Waals surface area contributed by atoms with Gasteiger partial charge in [-0.05, 0) is 43.8 Å². The Bertz CT molecular complexity index is 892. The topological polar surface area (TPSA) is 72.7 Å². The normalized spacial score (nSPS) is 10.8. The molecule has 7 heteroatoms. The summed E-state index contributed by atoms with van der Waals surface area (Å²) in [5.74, 6) is 1.35. The number of aromatic nitrogens is 4. The molecule has 0 amide bonds. The molecule has 0 fully saturated rings. The van der Waals surface area contributed by atoms with Crippen LogP contribution in [-0.2, 0) is 6.54 Å². The maximum Gasteiger partial charge on any atom is 0.213 e. The van der Waals surface area contributed by atoms with Crippen molar-refractivity contribution in [2.45, 2.75) is 20.4 Å². The number of carbonyl (C=O) groups is 1. The Morgan fingerprint density at radius 3 is 2.80 bits per heavy atom. The van der Waals surface area contributed by atoms with Crippen LogP contribution in [0.3, 0.4) is 0 Å². The number of halogens is 1. The number of hydrogen-bond donors (Lipinski definition) is 1. The number of pyridine rings is 1. The molecule has 1 aromatic carbocycles. The molecule has 2 heterocycles. The van der Waals surface area contributed by atoms with Crippen LogP contribution in [0.2, 0.25) is 0 Å². The van der Waals surface area contributed by atoms with Gasteiger partial charge in [-0.1, -0.05) is 28.9 Å². The second-order valence-corrected chi connectivity index (χ2v) is 6.40. The van der Waals surface area contributed by atoms with E-state index in [9.17, 15) is 4.79 Å². The Morgan fingerprint density at radius 1 is 1.24 bits per heavy atom. The summed E-state index contributed by atoms with van der Waals surface area (Å²) >= 11 is 3.45. The monoisotopic (exact) mass is 399 g/mol. The van der Waals surface area contributed by atoms with Gasteiger partial charge < -0.3 is 5.32 Å². The first kappa shape index (κ1) is 17.4. The number of rotatable bonds is 6. The smallest absolute Gasteiger partial charge is 0.213 e. The van der Waals surface area contributed by atoms with E-state index in [1.165, 1.54) is 0 Å². The summed E-state index contributed by atoms with van der Waals surface area (Å²) in [5, 5.41) is 11.7. The molecule has 0 aliphatic carbocycles. The molecule has 1 N–H and O–H groups in total. The van der Waals surface area contributed by atoms with Gasteiger partial charge in [-0.2, -0.15) is 0 Å². The van der Waals surface area contributed by atoms with Crippen LogP contribution >= 0.6 is 15.9 Å². The highest BCUT2D eigenvalue weighted by atomic mass is 79.9. The lowest BCUT2D eigenvalue weighted by Gasteiger charge is -2.14. The number of carbonyl (C=O) groups excluding carboxylic acids is 1. The molecule has 3 aromatic rings. The Kier molecular flexibility index (Phi) is 5.35. The summed E-state index contributed by atoms with van der Waals surface area (Å²) < 4.78 is 2.74. The molecule has 0 saturated heterocycles. The largest absolute Gasteiger partial charge is 0.310 e. The van der Waals surface area contributed by atoms with Crippen LogP contribution in [0.4, 0.5) is 0 Å². The van der Waals surface area contributed by atoms with E-state index in [0.717, 1.165) is 28.4 Å². The lowest BCUT2D eigenvalue weighted by atomic mass is 10.0. The first-order valence-electron chi connectivity index (χ1n) is 7.99. The Morgan fingerprint density at radius 2 is 2.08 bits per heavy atom. The zero-order chi connectivity index (χ0) is 17.8. The Hall–Kier alpha value is -2.38. The van der Waals surface area contributed by atoms with Gasteiger partial charge in [-0.25, -0.2) is 0 Å². The molecule has 0 unspecified atom stereocenters. The molecule has 0 saturated carbocycles. The molecule has 0 aliphatic rings. The molecule has 6 nitrogen and oxygen atoms in total. The Labute approximate surface area is 154 Å². The molecular weight excluding hydrogens is 382 g/mol. The molecule has 0 bridgehead atoms. The van der Waals surface area contributed by atoms with E-state index in [-0.39, 0.29) is 5.78 Å². The minimum Gasteiger partial charge on any atom is -0.310 e. The minimum atomic E-state index is -0.139. The second kappa shape index (κ2) is 7.67. The molecule has 0 aliphatic heterocycles. The van der Waals surface area contributed by atoms with Crippen molar-refractivity contribution in [2.24, 2.45) is 0 Å². The molecule has 0 radical (unpaired) electrons.